The van der Waals surface area contributed by atoms with E-state index in [0.717, 1.165) is 11.3 Å². The molecule has 124 valence electrons. The van der Waals surface area contributed by atoms with Crippen LogP contribution in [-0.4, -0.2) is 27.8 Å². The zero-order valence-electron chi connectivity index (χ0n) is 13.7. The quantitative estimate of drug-likeness (QED) is 0.846. The van der Waals surface area contributed by atoms with Crippen LogP contribution < -0.4 is 10.1 Å². The smallest absolute Gasteiger partial charge is 0.179 e. The number of hydrogen-bond donors (Lipinski definition) is 1. The van der Waals surface area contributed by atoms with Crippen LogP contribution in [0.5, 0.6) is 5.75 Å². The highest BCUT2D eigenvalue weighted by molar-refractivity contribution is 7.91. The Morgan fingerprint density at radius 1 is 1.00 bits per heavy atom. The van der Waals surface area contributed by atoms with Crippen LogP contribution in [0.4, 0.5) is 0 Å². The van der Waals surface area contributed by atoms with Gasteiger partial charge in [-0.25, -0.2) is 8.42 Å². The molecule has 0 fully saturated rings. The average Bonchev–Trinajstić information content (AvgIpc) is 2.55. The predicted molar refractivity (Wildman–Crippen MR) is 92.5 cm³/mol. The Hall–Kier alpha value is -1.85. The summed E-state index contributed by atoms with van der Waals surface area (Å²) in [4.78, 5) is 0.358. The molecule has 0 atom stereocenters. The number of hydrogen-bond acceptors (Lipinski definition) is 4. The van der Waals surface area contributed by atoms with Crippen LogP contribution in [-0.2, 0) is 15.4 Å². The van der Waals surface area contributed by atoms with Gasteiger partial charge in [0.2, 0.25) is 0 Å². The molecule has 0 radical (unpaired) electrons. The van der Waals surface area contributed by atoms with Gasteiger partial charge >= 0.3 is 0 Å². The minimum absolute atomic E-state index is 0.0512. The minimum atomic E-state index is -3.27. The normalized spacial score (nSPS) is 12.1. The fourth-order valence-electron chi connectivity index (χ4n) is 2.50. The van der Waals surface area contributed by atoms with Gasteiger partial charge < -0.3 is 10.1 Å². The number of para-hydroxylation sites is 1. The molecule has 0 heterocycles. The summed E-state index contributed by atoms with van der Waals surface area (Å²) in [5.74, 6) is 0.839. The van der Waals surface area contributed by atoms with Crippen molar-refractivity contribution < 1.29 is 13.2 Å². The van der Waals surface area contributed by atoms with Gasteiger partial charge in [0.1, 0.15) is 5.75 Å². The van der Waals surface area contributed by atoms with Crippen molar-refractivity contribution >= 4 is 9.84 Å². The summed E-state index contributed by atoms with van der Waals surface area (Å²) in [6, 6.07) is 16.3. The third kappa shape index (κ3) is 4.33. The maximum Gasteiger partial charge on any atom is 0.179 e. The number of ether oxygens (including phenoxy) is 1. The molecule has 5 heteroatoms. The summed E-state index contributed by atoms with van der Waals surface area (Å²) in [6.45, 7) is 4.39. The van der Waals surface area contributed by atoms with E-state index >= 15 is 0 Å². The molecule has 0 amide bonds. The van der Waals surface area contributed by atoms with Crippen LogP contribution in [0.25, 0.3) is 0 Å². The van der Waals surface area contributed by atoms with Gasteiger partial charge in [0, 0.05) is 17.6 Å². The minimum Gasteiger partial charge on any atom is -0.496 e. The van der Waals surface area contributed by atoms with Gasteiger partial charge in [-0.15, -0.1) is 0 Å². The van der Waals surface area contributed by atoms with Crippen LogP contribution in [0, 0.1) is 0 Å². The second kappa shape index (κ2) is 7.15. The van der Waals surface area contributed by atoms with Crippen molar-refractivity contribution in [2.75, 3.05) is 19.4 Å². The van der Waals surface area contributed by atoms with Crippen LogP contribution in [0.15, 0.2) is 59.5 Å². The van der Waals surface area contributed by atoms with Crippen molar-refractivity contribution in [1.82, 2.24) is 5.32 Å². The summed E-state index contributed by atoms with van der Waals surface area (Å²) in [6.07, 6.45) is 0. The van der Waals surface area contributed by atoms with Crippen LogP contribution in [0.3, 0.4) is 0 Å². The summed E-state index contributed by atoms with van der Waals surface area (Å²) in [7, 11) is -1.64. The maximum absolute atomic E-state index is 12.3. The van der Waals surface area contributed by atoms with E-state index in [4.69, 9.17) is 4.74 Å². The molecule has 2 aromatic rings. The van der Waals surface area contributed by atoms with Gasteiger partial charge in [0.25, 0.3) is 0 Å². The third-order valence-corrected chi connectivity index (χ3v) is 5.55. The van der Waals surface area contributed by atoms with Gasteiger partial charge in [-0.05, 0) is 32.0 Å². The number of sulfone groups is 1. The van der Waals surface area contributed by atoms with E-state index in [1.165, 1.54) is 0 Å². The lowest BCUT2D eigenvalue weighted by Crippen LogP contribution is -2.39. The van der Waals surface area contributed by atoms with Gasteiger partial charge in [0.05, 0.1) is 17.8 Å². The molecular weight excluding hydrogens is 310 g/mol. The first-order valence-electron chi connectivity index (χ1n) is 7.53. The van der Waals surface area contributed by atoms with Crippen LogP contribution >= 0.6 is 0 Å². The molecule has 0 aliphatic rings. The van der Waals surface area contributed by atoms with Crippen molar-refractivity contribution in [2.24, 2.45) is 0 Å². The van der Waals surface area contributed by atoms with Gasteiger partial charge in [-0.2, -0.15) is 0 Å². The Labute approximate surface area is 138 Å². The zero-order chi connectivity index (χ0) is 16.9. The molecule has 1 N–H and O–H groups in total. The molecule has 0 spiro atoms. The van der Waals surface area contributed by atoms with E-state index in [1.54, 1.807) is 31.4 Å². The van der Waals surface area contributed by atoms with Crippen LogP contribution in [0.2, 0.25) is 0 Å². The van der Waals surface area contributed by atoms with E-state index in [-0.39, 0.29) is 5.75 Å². The molecule has 0 saturated heterocycles. The van der Waals surface area contributed by atoms with E-state index < -0.39 is 15.4 Å². The fourth-order valence-corrected chi connectivity index (χ4v) is 3.68. The molecule has 0 unspecified atom stereocenters. The van der Waals surface area contributed by atoms with Crippen molar-refractivity contribution in [3.8, 4) is 5.75 Å². The average molecular weight is 333 g/mol. The molecular formula is C18H23NO3S. The zero-order valence-corrected chi connectivity index (χ0v) is 14.6. The van der Waals surface area contributed by atoms with Crippen molar-refractivity contribution in [3.05, 3.63) is 60.2 Å². The first-order chi connectivity index (χ1) is 10.9. The summed E-state index contributed by atoms with van der Waals surface area (Å²) in [5, 5.41) is 3.32. The lowest BCUT2D eigenvalue weighted by molar-refractivity contribution is 0.365. The number of benzene rings is 2. The van der Waals surface area contributed by atoms with E-state index in [0.29, 0.717) is 11.4 Å². The highest BCUT2D eigenvalue weighted by atomic mass is 32.2. The SMILES string of the molecule is COc1ccccc1C(C)(C)NCCS(=O)(=O)c1ccccc1. The second-order valence-electron chi connectivity index (χ2n) is 5.88. The molecule has 0 saturated carbocycles. The van der Waals surface area contributed by atoms with Crippen LogP contribution in [0.1, 0.15) is 19.4 Å². The van der Waals surface area contributed by atoms with Gasteiger partial charge in [-0.1, -0.05) is 36.4 Å². The highest BCUT2D eigenvalue weighted by Crippen LogP contribution is 2.29. The Bertz CT molecular complexity index is 740. The second-order valence-corrected chi connectivity index (χ2v) is 7.99. The standard InChI is InChI=1S/C18H23NO3S/c1-18(2,16-11-7-8-12-17(16)22-3)19-13-14-23(20,21)15-9-5-4-6-10-15/h4-12,19H,13-14H2,1-3H3. The van der Waals surface area contributed by atoms with Crippen molar-refractivity contribution in [3.63, 3.8) is 0 Å². The topological polar surface area (TPSA) is 55.4 Å². The summed E-state index contributed by atoms with van der Waals surface area (Å²) < 4.78 is 30.0. The maximum atomic E-state index is 12.3. The third-order valence-electron chi connectivity index (χ3n) is 3.82. The predicted octanol–water partition coefficient (Wildman–Crippen LogP) is 2.99. The Morgan fingerprint density at radius 2 is 1.61 bits per heavy atom. The molecule has 23 heavy (non-hydrogen) atoms. The molecule has 0 aromatic heterocycles. The molecule has 0 aliphatic carbocycles. The summed E-state index contributed by atoms with van der Waals surface area (Å²) >= 11 is 0. The molecule has 0 aliphatic heterocycles. The Balaban J connectivity index is 2.05. The van der Waals surface area contributed by atoms with Gasteiger partial charge in [-0.3, -0.25) is 0 Å². The van der Waals surface area contributed by atoms with Crippen molar-refractivity contribution in [2.45, 2.75) is 24.3 Å². The number of rotatable bonds is 7. The monoisotopic (exact) mass is 333 g/mol. The van der Waals surface area contributed by atoms with Gasteiger partial charge in [0.15, 0.2) is 9.84 Å². The Kier molecular flexibility index (Phi) is 5.44. The first-order valence-corrected chi connectivity index (χ1v) is 9.18. The van der Waals surface area contributed by atoms with Crippen molar-refractivity contribution in [1.29, 1.82) is 0 Å². The lowest BCUT2D eigenvalue weighted by Gasteiger charge is -2.28. The Morgan fingerprint density at radius 3 is 2.26 bits per heavy atom. The van der Waals surface area contributed by atoms with E-state index in [1.807, 2.05) is 44.2 Å². The molecule has 0 bridgehead atoms. The highest BCUT2D eigenvalue weighted by Gasteiger charge is 2.24. The first kappa shape index (κ1) is 17.5. The summed E-state index contributed by atoms with van der Waals surface area (Å²) in [5.41, 5.74) is 0.610. The number of methoxy groups -OCH3 is 1. The molecule has 2 aromatic carbocycles. The van der Waals surface area contributed by atoms with E-state index in [9.17, 15) is 8.42 Å². The fraction of sp³-hybridized carbons (Fsp3) is 0.333. The number of nitrogens with one attached hydrogen (secondary N) is 1. The molecule has 4 nitrogen and oxygen atoms in total. The largest absolute Gasteiger partial charge is 0.496 e. The molecule has 2 rings (SSSR count). The lowest BCUT2D eigenvalue weighted by atomic mass is 9.93. The van der Waals surface area contributed by atoms with E-state index in [2.05, 4.69) is 5.32 Å².